The number of aromatic nitrogens is 1. The lowest BCUT2D eigenvalue weighted by molar-refractivity contribution is 0.325. The van der Waals surface area contributed by atoms with Crippen LogP contribution >= 0.6 is 11.3 Å². The van der Waals surface area contributed by atoms with Crippen LogP contribution in [0, 0.1) is 6.92 Å². The Balaban J connectivity index is 1.91. The van der Waals surface area contributed by atoms with E-state index in [9.17, 15) is 0 Å². The normalized spacial score (nSPS) is 28.5. The minimum Gasteiger partial charge on any atom is -0.304 e. The third-order valence-electron chi connectivity index (χ3n) is 3.38. The van der Waals surface area contributed by atoms with E-state index < -0.39 is 0 Å². The fraction of sp³-hybridized carbons (Fsp3) is 0.750. The van der Waals surface area contributed by atoms with Gasteiger partial charge in [-0.25, -0.2) is 4.98 Å². The van der Waals surface area contributed by atoms with Gasteiger partial charge in [-0.15, -0.1) is 11.3 Å². The zero-order chi connectivity index (χ0) is 11.7. The molecule has 0 bridgehead atoms. The van der Waals surface area contributed by atoms with Gasteiger partial charge in [0, 0.05) is 29.7 Å². The van der Waals surface area contributed by atoms with Crippen molar-refractivity contribution in [2.45, 2.75) is 45.3 Å². The lowest BCUT2D eigenvalue weighted by Gasteiger charge is -2.17. The summed E-state index contributed by atoms with van der Waals surface area (Å²) >= 11 is 1.79. The monoisotopic (exact) mass is 239 g/mol. The minimum absolute atomic E-state index is 0.377. The molecule has 1 aliphatic heterocycles. The number of hydrogen-bond acceptors (Lipinski definition) is 4. The summed E-state index contributed by atoms with van der Waals surface area (Å²) in [5.41, 5.74) is 0. The molecule has 0 amide bonds. The highest BCUT2D eigenvalue weighted by atomic mass is 32.1. The van der Waals surface area contributed by atoms with Gasteiger partial charge in [-0.05, 0) is 34.2 Å². The molecule has 3 atom stereocenters. The Kier molecular flexibility index (Phi) is 3.62. The van der Waals surface area contributed by atoms with Crippen molar-refractivity contribution in [3.05, 3.63) is 16.1 Å². The zero-order valence-electron chi connectivity index (χ0n) is 10.5. The van der Waals surface area contributed by atoms with E-state index in [1.54, 1.807) is 11.3 Å². The van der Waals surface area contributed by atoms with E-state index in [1.165, 1.54) is 16.3 Å². The van der Waals surface area contributed by atoms with E-state index in [2.05, 4.69) is 43.0 Å². The smallest absolute Gasteiger partial charge is 0.109 e. The standard InChI is InChI=1S/C12H21N3S/c1-8-5-11(7-15(8)4)14-10(3)12-13-6-9(2)16-12/h6,8,10-11,14H,5,7H2,1-4H3. The van der Waals surface area contributed by atoms with Gasteiger partial charge < -0.3 is 10.2 Å². The van der Waals surface area contributed by atoms with Gasteiger partial charge in [-0.1, -0.05) is 0 Å². The van der Waals surface area contributed by atoms with E-state index in [0.29, 0.717) is 18.1 Å². The van der Waals surface area contributed by atoms with Crippen molar-refractivity contribution in [1.82, 2.24) is 15.2 Å². The number of nitrogens with zero attached hydrogens (tertiary/aromatic N) is 2. The summed E-state index contributed by atoms with van der Waals surface area (Å²) < 4.78 is 0. The zero-order valence-corrected chi connectivity index (χ0v) is 11.3. The van der Waals surface area contributed by atoms with Crippen molar-refractivity contribution in [2.75, 3.05) is 13.6 Å². The van der Waals surface area contributed by atoms with Crippen LogP contribution in [-0.4, -0.2) is 35.6 Å². The number of hydrogen-bond donors (Lipinski definition) is 1. The highest BCUT2D eigenvalue weighted by molar-refractivity contribution is 7.11. The Morgan fingerprint density at radius 1 is 1.62 bits per heavy atom. The third-order valence-corrected chi connectivity index (χ3v) is 4.48. The van der Waals surface area contributed by atoms with Gasteiger partial charge in [0.1, 0.15) is 5.01 Å². The second kappa shape index (κ2) is 4.82. The second-order valence-corrected chi connectivity index (χ2v) is 6.19. The molecule has 2 heterocycles. The van der Waals surface area contributed by atoms with Crippen LogP contribution in [0.4, 0.5) is 0 Å². The van der Waals surface area contributed by atoms with Gasteiger partial charge in [0.15, 0.2) is 0 Å². The van der Waals surface area contributed by atoms with Crippen molar-refractivity contribution in [1.29, 1.82) is 0 Å². The van der Waals surface area contributed by atoms with Gasteiger partial charge in [-0.3, -0.25) is 0 Å². The molecule has 4 heteroatoms. The first kappa shape index (κ1) is 12.0. The Morgan fingerprint density at radius 3 is 2.88 bits per heavy atom. The van der Waals surface area contributed by atoms with Gasteiger partial charge in [0.2, 0.25) is 0 Å². The average molecular weight is 239 g/mol. The van der Waals surface area contributed by atoms with Crippen LogP contribution in [0.2, 0.25) is 0 Å². The predicted octanol–water partition coefficient (Wildman–Crippen LogP) is 2.19. The molecule has 1 aromatic heterocycles. The van der Waals surface area contributed by atoms with E-state index in [4.69, 9.17) is 0 Å². The molecule has 1 aliphatic rings. The maximum Gasteiger partial charge on any atom is 0.109 e. The first-order valence-corrected chi connectivity index (χ1v) is 6.76. The number of aryl methyl sites for hydroxylation is 1. The van der Waals surface area contributed by atoms with Crippen molar-refractivity contribution in [3.63, 3.8) is 0 Å². The molecule has 3 nitrogen and oxygen atoms in total. The van der Waals surface area contributed by atoms with Crippen molar-refractivity contribution >= 4 is 11.3 Å². The fourth-order valence-corrected chi connectivity index (χ4v) is 3.10. The van der Waals surface area contributed by atoms with Crippen molar-refractivity contribution in [2.24, 2.45) is 0 Å². The molecule has 1 fully saturated rings. The van der Waals surface area contributed by atoms with Crippen LogP contribution in [0.15, 0.2) is 6.20 Å². The average Bonchev–Trinajstić information content (AvgIpc) is 2.75. The van der Waals surface area contributed by atoms with Gasteiger partial charge in [0.05, 0.1) is 6.04 Å². The summed E-state index contributed by atoms with van der Waals surface area (Å²) in [6, 6.07) is 1.68. The van der Waals surface area contributed by atoms with E-state index in [0.717, 1.165) is 6.54 Å². The van der Waals surface area contributed by atoms with Crippen LogP contribution in [0.3, 0.4) is 0 Å². The molecule has 0 spiro atoms. The van der Waals surface area contributed by atoms with Gasteiger partial charge in [-0.2, -0.15) is 0 Å². The fourth-order valence-electron chi connectivity index (χ4n) is 2.31. The summed E-state index contributed by atoms with van der Waals surface area (Å²) in [5, 5.41) is 4.88. The summed E-state index contributed by atoms with van der Waals surface area (Å²) in [5.74, 6) is 0. The predicted molar refractivity (Wildman–Crippen MR) is 68.9 cm³/mol. The first-order valence-electron chi connectivity index (χ1n) is 5.95. The SMILES string of the molecule is Cc1cnc(C(C)NC2CC(C)N(C)C2)s1. The molecule has 2 rings (SSSR count). The molecule has 0 radical (unpaired) electrons. The Labute approximate surface area is 102 Å². The first-order chi connectivity index (χ1) is 7.56. The Hall–Kier alpha value is -0.450. The molecule has 90 valence electrons. The second-order valence-electron chi connectivity index (χ2n) is 4.92. The lowest BCUT2D eigenvalue weighted by Crippen LogP contribution is -2.33. The lowest BCUT2D eigenvalue weighted by atomic mass is 10.2. The van der Waals surface area contributed by atoms with Crippen molar-refractivity contribution < 1.29 is 0 Å². The maximum absolute atomic E-state index is 4.44. The Bertz CT molecular complexity index is 340. The third kappa shape index (κ3) is 2.62. The topological polar surface area (TPSA) is 28.2 Å². The largest absolute Gasteiger partial charge is 0.304 e. The number of thiazole rings is 1. The molecule has 1 N–H and O–H groups in total. The molecule has 16 heavy (non-hydrogen) atoms. The highest BCUT2D eigenvalue weighted by Crippen LogP contribution is 2.22. The maximum atomic E-state index is 4.44. The summed E-state index contributed by atoms with van der Waals surface area (Å²) in [7, 11) is 2.20. The van der Waals surface area contributed by atoms with Crippen LogP contribution < -0.4 is 5.32 Å². The van der Waals surface area contributed by atoms with E-state index in [-0.39, 0.29) is 0 Å². The van der Waals surface area contributed by atoms with E-state index in [1.807, 2.05) is 6.20 Å². The Morgan fingerprint density at radius 2 is 2.38 bits per heavy atom. The quantitative estimate of drug-likeness (QED) is 0.876. The number of nitrogens with one attached hydrogen (secondary N) is 1. The number of likely N-dealkylation sites (N-methyl/N-ethyl adjacent to an activating group) is 1. The van der Waals surface area contributed by atoms with Crippen LogP contribution in [-0.2, 0) is 0 Å². The minimum atomic E-state index is 0.377. The summed E-state index contributed by atoms with van der Waals surface area (Å²) in [4.78, 5) is 8.14. The molecule has 0 aliphatic carbocycles. The molecule has 1 saturated heterocycles. The summed E-state index contributed by atoms with van der Waals surface area (Å²) in [6.45, 7) is 7.76. The molecule has 0 aromatic carbocycles. The molecule has 3 unspecified atom stereocenters. The van der Waals surface area contributed by atoms with E-state index >= 15 is 0 Å². The van der Waals surface area contributed by atoms with Gasteiger partial charge in [0.25, 0.3) is 0 Å². The highest BCUT2D eigenvalue weighted by Gasteiger charge is 2.27. The number of likely N-dealkylation sites (tertiary alicyclic amines) is 1. The summed E-state index contributed by atoms with van der Waals surface area (Å²) in [6.07, 6.45) is 3.20. The van der Waals surface area contributed by atoms with Crippen LogP contribution in [0.5, 0.6) is 0 Å². The van der Waals surface area contributed by atoms with Crippen molar-refractivity contribution in [3.8, 4) is 0 Å². The molecule has 0 saturated carbocycles. The van der Waals surface area contributed by atoms with Gasteiger partial charge >= 0.3 is 0 Å². The molecular formula is C12H21N3S. The van der Waals surface area contributed by atoms with Crippen LogP contribution in [0.25, 0.3) is 0 Å². The van der Waals surface area contributed by atoms with Crippen LogP contribution in [0.1, 0.15) is 36.2 Å². The molecular weight excluding hydrogens is 218 g/mol. The molecule has 1 aromatic rings. The number of rotatable bonds is 3.